The largest absolute Gasteiger partial charge is 0.481 e. The number of carboxylic acid groups (broad SMARTS) is 1. The third kappa shape index (κ3) is 2.15. The molecule has 18 heavy (non-hydrogen) atoms. The van der Waals surface area contributed by atoms with Crippen LogP contribution in [0.25, 0.3) is 0 Å². The van der Waals surface area contributed by atoms with E-state index in [1.807, 2.05) is 6.92 Å². The number of benzene rings is 1. The Morgan fingerprint density at radius 3 is 2.61 bits per heavy atom. The highest BCUT2D eigenvalue weighted by molar-refractivity contribution is 5.67. The van der Waals surface area contributed by atoms with Crippen LogP contribution in [0.5, 0.6) is 0 Å². The molecule has 3 heteroatoms. The summed E-state index contributed by atoms with van der Waals surface area (Å²) < 4.78 is 5.40. The molecule has 3 nitrogen and oxygen atoms in total. The summed E-state index contributed by atoms with van der Waals surface area (Å²) in [7, 11) is 0. The predicted molar refractivity (Wildman–Crippen MR) is 69.8 cm³/mol. The van der Waals surface area contributed by atoms with E-state index in [4.69, 9.17) is 9.84 Å². The minimum atomic E-state index is -0.737. The van der Waals surface area contributed by atoms with E-state index in [9.17, 15) is 4.79 Å². The van der Waals surface area contributed by atoms with Crippen LogP contribution >= 0.6 is 0 Å². The Kier molecular flexibility index (Phi) is 3.44. The second-order valence-corrected chi connectivity index (χ2v) is 5.47. The van der Waals surface area contributed by atoms with Gasteiger partial charge in [-0.15, -0.1) is 0 Å². The van der Waals surface area contributed by atoms with Crippen LogP contribution in [-0.2, 0) is 14.9 Å². The van der Waals surface area contributed by atoms with Gasteiger partial charge in [-0.3, -0.25) is 4.79 Å². The lowest BCUT2D eigenvalue weighted by Gasteiger charge is -2.47. The van der Waals surface area contributed by atoms with E-state index in [1.165, 1.54) is 16.7 Å². The van der Waals surface area contributed by atoms with Crippen molar-refractivity contribution in [1.82, 2.24) is 0 Å². The summed E-state index contributed by atoms with van der Waals surface area (Å²) in [5, 5.41) is 9.00. The Labute approximate surface area is 108 Å². The molecule has 98 valence electrons. The third-order valence-electron chi connectivity index (χ3n) is 4.07. The first-order valence-electron chi connectivity index (χ1n) is 6.33. The van der Waals surface area contributed by atoms with Crippen LogP contribution in [0.2, 0.25) is 0 Å². The van der Waals surface area contributed by atoms with E-state index in [1.54, 1.807) is 0 Å². The van der Waals surface area contributed by atoms with Gasteiger partial charge in [0.05, 0.1) is 13.2 Å². The summed E-state index contributed by atoms with van der Waals surface area (Å²) in [4.78, 5) is 10.9. The Morgan fingerprint density at radius 2 is 2.11 bits per heavy atom. The first-order chi connectivity index (χ1) is 8.45. The SMILES string of the molecule is Cc1ccc(C)c(C2(C(C)CC(=O)O)COC2)c1. The molecule has 1 aliphatic rings. The summed E-state index contributed by atoms with van der Waals surface area (Å²) in [6.45, 7) is 7.43. The van der Waals surface area contributed by atoms with Crippen LogP contribution < -0.4 is 0 Å². The highest BCUT2D eigenvalue weighted by Gasteiger charge is 2.46. The van der Waals surface area contributed by atoms with Crippen LogP contribution in [0.3, 0.4) is 0 Å². The molecule has 1 aliphatic heterocycles. The number of rotatable bonds is 4. The molecule has 0 bridgehead atoms. The summed E-state index contributed by atoms with van der Waals surface area (Å²) >= 11 is 0. The number of ether oxygens (including phenoxy) is 1. The lowest BCUT2D eigenvalue weighted by molar-refractivity contribution is -0.142. The highest BCUT2D eigenvalue weighted by Crippen LogP contribution is 2.42. The molecule has 1 N–H and O–H groups in total. The van der Waals surface area contributed by atoms with Gasteiger partial charge in [-0.2, -0.15) is 0 Å². The van der Waals surface area contributed by atoms with Gasteiger partial charge in [-0.25, -0.2) is 0 Å². The van der Waals surface area contributed by atoms with E-state index in [0.29, 0.717) is 13.2 Å². The van der Waals surface area contributed by atoms with E-state index in [0.717, 1.165) is 0 Å². The quantitative estimate of drug-likeness (QED) is 0.891. The molecule has 1 atom stereocenters. The van der Waals surface area contributed by atoms with Gasteiger partial charge in [0.2, 0.25) is 0 Å². The minimum Gasteiger partial charge on any atom is -0.481 e. The molecule has 1 aromatic rings. The van der Waals surface area contributed by atoms with E-state index in [-0.39, 0.29) is 17.8 Å². The van der Waals surface area contributed by atoms with Crippen molar-refractivity contribution in [3.05, 3.63) is 34.9 Å². The average molecular weight is 248 g/mol. The number of aliphatic carboxylic acids is 1. The number of carboxylic acids is 1. The topological polar surface area (TPSA) is 46.5 Å². The van der Waals surface area contributed by atoms with Gasteiger partial charge in [0.15, 0.2) is 0 Å². The second kappa shape index (κ2) is 4.73. The smallest absolute Gasteiger partial charge is 0.303 e. The molecule has 2 rings (SSSR count). The van der Waals surface area contributed by atoms with Crippen molar-refractivity contribution in [3.63, 3.8) is 0 Å². The molecule has 1 aromatic carbocycles. The molecule has 1 heterocycles. The van der Waals surface area contributed by atoms with Gasteiger partial charge in [0.25, 0.3) is 0 Å². The van der Waals surface area contributed by atoms with Crippen LogP contribution in [0.1, 0.15) is 30.0 Å². The molecule has 0 saturated carbocycles. The zero-order chi connectivity index (χ0) is 13.3. The standard InChI is InChI=1S/C15H20O3/c1-10-4-5-11(2)13(6-10)15(8-18-9-15)12(3)7-14(16)17/h4-6,12H,7-9H2,1-3H3,(H,16,17). The number of aryl methyl sites for hydroxylation is 2. The van der Waals surface area contributed by atoms with Gasteiger partial charge < -0.3 is 9.84 Å². The van der Waals surface area contributed by atoms with E-state index < -0.39 is 5.97 Å². The minimum absolute atomic E-state index is 0.0873. The van der Waals surface area contributed by atoms with E-state index in [2.05, 4.69) is 32.0 Å². The maximum absolute atomic E-state index is 10.9. The maximum atomic E-state index is 10.9. The highest BCUT2D eigenvalue weighted by atomic mass is 16.5. The lowest BCUT2D eigenvalue weighted by atomic mass is 9.67. The summed E-state index contributed by atoms with van der Waals surface area (Å²) in [6.07, 6.45) is 0.191. The van der Waals surface area contributed by atoms with Gasteiger partial charge >= 0.3 is 5.97 Å². The number of hydrogen-bond donors (Lipinski definition) is 1. The van der Waals surface area contributed by atoms with Crippen molar-refractivity contribution in [2.24, 2.45) is 5.92 Å². The number of hydrogen-bond acceptors (Lipinski definition) is 2. The van der Waals surface area contributed by atoms with Gasteiger partial charge in [-0.1, -0.05) is 30.7 Å². The van der Waals surface area contributed by atoms with Crippen LogP contribution in [0, 0.1) is 19.8 Å². The normalized spacial score (nSPS) is 19.1. The predicted octanol–water partition coefficient (Wildman–Crippen LogP) is 2.68. The van der Waals surface area contributed by atoms with Gasteiger partial charge in [0, 0.05) is 11.8 Å². The van der Waals surface area contributed by atoms with Crippen LogP contribution in [0.4, 0.5) is 0 Å². The lowest BCUT2D eigenvalue weighted by Crippen LogP contribution is -2.52. The Morgan fingerprint density at radius 1 is 1.44 bits per heavy atom. The zero-order valence-electron chi connectivity index (χ0n) is 11.2. The Bertz CT molecular complexity index is 461. The van der Waals surface area contributed by atoms with Crippen molar-refractivity contribution >= 4 is 5.97 Å². The molecule has 0 aromatic heterocycles. The van der Waals surface area contributed by atoms with Crippen LogP contribution in [0.15, 0.2) is 18.2 Å². The zero-order valence-corrected chi connectivity index (χ0v) is 11.2. The second-order valence-electron chi connectivity index (χ2n) is 5.47. The van der Waals surface area contributed by atoms with Crippen molar-refractivity contribution in [2.45, 2.75) is 32.6 Å². The Hall–Kier alpha value is -1.35. The monoisotopic (exact) mass is 248 g/mol. The van der Waals surface area contributed by atoms with Gasteiger partial charge in [-0.05, 0) is 30.9 Å². The molecule has 1 fully saturated rings. The fourth-order valence-electron chi connectivity index (χ4n) is 2.76. The van der Waals surface area contributed by atoms with Crippen molar-refractivity contribution in [3.8, 4) is 0 Å². The third-order valence-corrected chi connectivity index (χ3v) is 4.07. The van der Waals surface area contributed by atoms with Crippen molar-refractivity contribution < 1.29 is 14.6 Å². The molecule has 1 unspecified atom stereocenters. The fraction of sp³-hybridized carbons (Fsp3) is 0.533. The number of carbonyl (C=O) groups is 1. The summed E-state index contributed by atoms with van der Waals surface area (Å²) in [5.41, 5.74) is 3.57. The fourth-order valence-corrected chi connectivity index (χ4v) is 2.76. The molecule has 0 radical (unpaired) electrons. The first-order valence-corrected chi connectivity index (χ1v) is 6.33. The van der Waals surface area contributed by atoms with E-state index >= 15 is 0 Å². The summed E-state index contributed by atoms with van der Waals surface area (Å²) in [5.74, 6) is -0.650. The molecular formula is C15H20O3. The molecular weight excluding hydrogens is 228 g/mol. The maximum Gasteiger partial charge on any atom is 0.303 e. The van der Waals surface area contributed by atoms with Crippen LogP contribution in [-0.4, -0.2) is 24.3 Å². The van der Waals surface area contributed by atoms with Gasteiger partial charge in [0.1, 0.15) is 0 Å². The Balaban J connectivity index is 2.37. The molecule has 0 amide bonds. The first kappa shape index (κ1) is 13.1. The molecule has 1 saturated heterocycles. The van der Waals surface area contributed by atoms with Crippen molar-refractivity contribution in [1.29, 1.82) is 0 Å². The molecule has 0 spiro atoms. The van der Waals surface area contributed by atoms with Crippen molar-refractivity contribution in [2.75, 3.05) is 13.2 Å². The average Bonchev–Trinajstić information content (AvgIpc) is 2.20. The summed E-state index contributed by atoms with van der Waals surface area (Å²) in [6, 6.07) is 6.38. The molecule has 0 aliphatic carbocycles.